The fourth-order valence-corrected chi connectivity index (χ4v) is 3.28. The molecule has 0 unspecified atom stereocenters. The molecule has 0 amide bonds. The zero-order valence-electron chi connectivity index (χ0n) is 21.6. The van der Waals surface area contributed by atoms with Crippen LogP contribution in [0.15, 0.2) is 24.3 Å². The number of benzene rings is 1. The van der Waals surface area contributed by atoms with Gasteiger partial charge in [0.1, 0.15) is 0 Å². The topological polar surface area (TPSA) is 100 Å². The summed E-state index contributed by atoms with van der Waals surface area (Å²) in [6.07, 6.45) is 9.51. The fourth-order valence-electron chi connectivity index (χ4n) is 3.28. The molecule has 0 saturated heterocycles. The van der Waals surface area contributed by atoms with E-state index in [-0.39, 0.29) is 74.4 Å². The van der Waals surface area contributed by atoms with Crippen molar-refractivity contribution in [3.8, 4) is 0 Å². The second kappa shape index (κ2) is 40.2. The van der Waals surface area contributed by atoms with Crippen molar-refractivity contribution in [3.05, 3.63) is 35.4 Å². The van der Waals surface area contributed by atoms with Gasteiger partial charge in [-0.25, -0.2) is 0 Å². The second-order valence-electron chi connectivity index (χ2n) is 8.08. The smallest absolute Gasteiger partial charge is 0.0205 e. The predicted octanol–water partition coefficient (Wildman–Crippen LogP) is 4.61. The summed E-state index contributed by atoms with van der Waals surface area (Å²) in [5, 5.41) is 14.1. The maximum absolute atomic E-state index is 5.49. The number of unbranched alkanes of at least 4 members (excludes halogenated alkanes) is 4. The molecule has 0 saturated carbocycles. The number of nitrogens with two attached hydrogens (primary N) is 2. The van der Waals surface area contributed by atoms with Gasteiger partial charge in [0.25, 0.3) is 0 Å². The molecule has 1 aromatic carbocycles. The largest absolute Gasteiger partial charge is 0.330 e. The quantitative estimate of drug-likeness (QED) is 0.104. The van der Waals surface area contributed by atoms with Crippen LogP contribution in [-0.2, 0) is 13.1 Å². The number of hydrogen-bond donors (Lipinski definition) is 6. The monoisotopic (exact) mass is 636 g/mol. The van der Waals surface area contributed by atoms with Gasteiger partial charge in [0, 0.05) is 13.1 Å². The van der Waals surface area contributed by atoms with Gasteiger partial charge in [0.15, 0.2) is 0 Å². The van der Waals surface area contributed by atoms with Gasteiger partial charge >= 0.3 is 0 Å². The van der Waals surface area contributed by atoms with Crippen LogP contribution in [0.2, 0.25) is 0 Å². The van der Waals surface area contributed by atoms with Gasteiger partial charge in [-0.1, -0.05) is 24.3 Å². The molecule has 0 atom stereocenters. The van der Waals surface area contributed by atoms with Crippen LogP contribution in [0.4, 0.5) is 0 Å². The third-order valence-electron chi connectivity index (χ3n) is 5.21. The second-order valence-corrected chi connectivity index (χ2v) is 8.08. The Balaban J connectivity index is -0.000000375. The maximum Gasteiger partial charge on any atom is 0.0205 e. The molecule has 222 valence electrons. The number of nitrogens with one attached hydrogen (secondary N) is 4. The molecular formula is C24H54Cl6N6. The molecule has 1 rings (SSSR count). The lowest BCUT2D eigenvalue weighted by Gasteiger charge is -2.08. The van der Waals surface area contributed by atoms with Crippen molar-refractivity contribution in [3.63, 3.8) is 0 Å². The summed E-state index contributed by atoms with van der Waals surface area (Å²) in [5.41, 5.74) is 13.7. The van der Waals surface area contributed by atoms with Crippen LogP contribution in [0.25, 0.3) is 0 Å². The number of hydrogen-bond acceptors (Lipinski definition) is 6. The van der Waals surface area contributed by atoms with Gasteiger partial charge in [-0.05, 0) is 115 Å². The fraction of sp³-hybridized carbons (Fsp3) is 0.750. The first-order valence-corrected chi connectivity index (χ1v) is 12.2. The van der Waals surface area contributed by atoms with E-state index in [1.807, 2.05) is 0 Å². The van der Waals surface area contributed by atoms with Gasteiger partial charge in [-0.2, -0.15) is 0 Å². The van der Waals surface area contributed by atoms with E-state index in [1.54, 1.807) is 0 Å². The lowest BCUT2D eigenvalue weighted by Crippen LogP contribution is -2.20. The summed E-state index contributed by atoms with van der Waals surface area (Å²) in [5.74, 6) is 0. The molecular weight excluding hydrogens is 585 g/mol. The van der Waals surface area contributed by atoms with Crippen molar-refractivity contribution in [2.75, 3.05) is 52.4 Å². The van der Waals surface area contributed by atoms with Crippen molar-refractivity contribution < 1.29 is 0 Å². The maximum atomic E-state index is 5.49. The zero-order valence-corrected chi connectivity index (χ0v) is 26.5. The Morgan fingerprint density at radius 2 is 0.639 bits per heavy atom. The van der Waals surface area contributed by atoms with Crippen LogP contribution in [0.5, 0.6) is 0 Å². The van der Waals surface area contributed by atoms with Crippen LogP contribution in [0, 0.1) is 0 Å². The molecule has 0 fully saturated rings. The van der Waals surface area contributed by atoms with Crippen LogP contribution in [-0.4, -0.2) is 52.4 Å². The molecule has 0 aliphatic rings. The van der Waals surface area contributed by atoms with Gasteiger partial charge in [0.2, 0.25) is 0 Å². The first kappa shape index (κ1) is 49.6. The van der Waals surface area contributed by atoms with E-state index in [1.165, 1.54) is 49.7 Å². The molecule has 0 aliphatic heterocycles. The van der Waals surface area contributed by atoms with E-state index in [0.717, 1.165) is 78.3 Å². The van der Waals surface area contributed by atoms with E-state index < -0.39 is 0 Å². The van der Waals surface area contributed by atoms with Crippen LogP contribution in [0.1, 0.15) is 62.5 Å². The molecule has 0 bridgehead atoms. The van der Waals surface area contributed by atoms with Crippen molar-refractivity contribution >= 4 is 74.4 Å². The molecule has 0 spiro atoms. The highest BCUT2D eigenvalue weighted by atomic mass is 35.5. The van der Waals surface area contributed by atoms with Crippen molar-refractivity contribution in [2.45, 2.75) is 64.5 Å². The number of halogens is 6. The molecule has 0 aromatic heterocycles. The normalized spacial score (nSPS) is 9.39. The average Bonchev–Trinajstić information content (AvgIpc) is 2.77. The van der Waals surface area contributed by atoms with Crippen molar-refractivity contribution in [1.29, 1.82) is 0 Å². The summed E-state index contributed by atoms with van der Waals surface area (Å²) >= 11 is 0. The third kappa shape index (κ3) is 32.7. The summed E-state index contributed by atoms with van der Waals surface area (Å²) in [6, 6.07) is 8.98. The van der Waals surface area contributed by atoms with E-state index in [9.17, 15) is 0 Å². The minimum Gasteiger partial charge on any atom is -0.330 e. The Morgan fingerprint density at radius 1 is 0.389 bits per heavy atom. The molecule has 8 N–H and O–H groups in total. The Labute approximate surface area is 258 Å². The summed E-state index contributed by atoms with van der Waals surface area (Å²) in [4.78, 5) is 0. The first-order valence-electron chi connectivity index (χ1n) is 12.2. The molecule has 12 heteroatoms. The highest BCUT2D eigenvalue weighted by Gasteiger charge is 1.97. The van der Waals surface area contributed by atoms with Crippen LogP contribution < -0.4 is 32.7 Å². The van der Waals surface area contributed by atoms with Crippen molar-refractivity contribution in [1.82, 2.24) is 21.3 Å². The molecule has 36 heavy (non-hydrogen) atoms. The molecule has 1 aromatic rings. The molecule has 6 nitrogen and oxygen atoms in total. The standard InChI is InChI=1S/C24H48N6.6ClH/c25-13-1-3-15-27-17-5-7-19-29-21-23-9-11-24(12-10-23)22-30-20-8-6-18-28-16-4-2-14-26;;;;;;/h9-12,27-30H,1-8,13-22,25-26H2;6*1H. The van der Waals surface area contributed by atoms with Gasteiger partial charge < -0.3 is 32.7 Å². The van der Waals surface area contributed by atoms with Gasteiger partial charge in [0.05, 0.1) is 0 Å². The van der Waals surface area contributed by atoms with Crippen molar-refractivity contribution in [2.24, 2.45) is 11.5 Å². The number of rotatable bonds is 22. The minimum absolute atomic E-state index is 0. The average molecular weight is 639 g/mol. The van der Waals surface area contributed by atoms with Gasteiger partial charge in [-0.15, -0.1) is 74.4 Å². The van der Waals surface area contributed by atoms with Crippen LogP contribution in [0.3, 0.4) is 0 Å². The van der Waals surface area contributed by atoms with Gasteiger partial charge in [-0.3, -0.25) is 0 Å². The zero-order chi connectivity index (χ0) is 21.5. The Morgan fingerprint density at radius 3 is 0.917 bits per heavy atom. The lowest BCUT2D eigenvalue weighted by molar-refractivity contribution is 0.566. The summed E-state index contributed by atoms with van der Waals surface area (Å²) in [6.45, 7) is 10.1. The Bertz CT molecular complexity index is 446. The summed E-state index contributed by atoms with van der Waals surface area (Å²) in [7, 11) is 0. The van der Waals surface area contributed by atoms with E-state index in [0.29, 0.717) is 0 Å². The Hall–Kier alpha value is 0.720. The van der Waals surface area contributed by atoms with E-state index in [4.69, 9.17) is 11.5 Å². The Kier molecular flexibility index (Phi) is 55.5. The van der Waals surface area contributed by atoms with E-state index in [2.05, 4.69) is 45.5 Å². The SMILES string of the molecule is Cl.Cl.Cl.Cl.Cl.Cl.NCCCCNCCCCNCc1ccc(CNCCCCNCCCCN)cc1. The van der Waals surface area contributed by atoms with Crippen LogP contribution >= 0.6 is 74.4 Å². The predicted molar refractivity (Wildman–Crippen MR) is 174 cm³/mol. The molecule has 0 heterocycles. The highest BCUT2D eigenvalue weighted by molar-refractivity contribution is 5.86. The third-order valence-corrected chi connectivity index (χ3v) is 5.21. The van der Waals surface area contributed by atoms with E-state index >= 15 is 0 Å². The summed E-state index contributed by atoms with van der Waals surface area (Å²) < 4.78 is 0. The molecule has 0 aliphatic carbocycles. The minimum atomic E-state index is 0. The first-order chi connectivity index (χ1) is 14.9. The molecule has 0 radical (unpaired) electrons. The highest BCUT2D eigenvalue weighted by Crippen LogP contribution is 2.04. The lowest BCUT2D eigenvalue weighted by atomic mass is 10.1.